The monoisotopic (exact) mass is 326 g/mol. The molecule has 24 heavy (non-hydrogen) atoms. The Morgan fingerprint density at radius 1 is 1.42 bits per heavy atom. The molecule has 0 spiro atoms. The Balaban J connectivity index is 1.80. The van der Waals surface area contributed by atoms with Crippen LogP contribution in [0.15, 0.2) is 30.7 Å². The van der Waals surface area contributed by atoms with Crippen molar-refractivity contribution in [2.45, 2.75) is 32.7 Å². The van der Waals surface area contributed by atoms with E-state index in [-0.39, 0.29) is 11.9 Å². The summed E-state index contributed by atoms with van der Waals surface area (Å²) < 4.78 is 5.51. The number of ether oxygens (including phenoxy) is 1. The highest BCUT2D eigenvalue weighted by atomic mass is 16.5. The molecule has 1 aliphatic heterocycles. The Kier molecular flexibility index (Phi) is 5.15. The lowest BCUT2D eigenvalue weighted by atomic mass is 10.1. The van der Waals surface area contributed by atoms with Gasteiger partial charge in [-0.15, -0.1) is 0 Å². The minimum absolute atomic E-state index is 0.00700. The van der Waals surface area contributed by atoms with E-state index in [4.69, 9.17) is 4.74 Å². The van der Waals surface area contributed by atoms with Crippen molar-refractivity contribution in [3.05, 3.63) is 42.0 Å². The highest BCUT2D eigenvalue weighted by molar-refractivity contribution is 5.95. The largest absolute Gasteiger partial charge is 0.380 e. The molecule has 3 rings (SSSR count). The maximum atomic E-state index is 12.9. The zero-order valence-corrected chi connectivity index (χ0v) is 14.1. The lowest BCUT2D eigenvalue weighted by molar-refractivity contribution is 0.0563. The number of aromatic nitrogens is 3. The zero-order chi connectivity index (χ0) is 16.9. The minimum Gasteiger partial charge on any atom is -0.380 e. The molecule has 0 radical (unpaired) electrons. The number of amides is 1. The van der Waals surface area contributed by atoms with Gasteiger partial charge in [-0.05, 0) is 38.8 Å². The van der Waals surface area contributed by atoms with Crippen LogP contribution in [0.1, 0.15) is 35.8 Å². The number of nitrogens with zero attached hydrogens (tertiary/aromatic N) is 4. The summed E-state index contributed by atoms with van der Waals surface area (Å²) in [5, 5.41) is 0. The summed E-state index contributed by atoms with van der Waals surface area (Å²) in [4.78, 5) is 27.7. The molecule has 0 saturated carbocycles. The number of rotatable bonds is 5. The van der Waals surface area contributed by atoms with E-state index in [0.29, 0.717) is 30.3 Å². The summed E-state index contributed by atoms with van der Waals surface area (Å²) in [6.07, 6.45) is 7.05. The number of hydrogen-bond donors (Lipinski definition) is 0. The molecule has 2 aromatic heterocycles. The summed E-state index contributed by atoms with van der Waals surface area (Å²) >= 11 is 0. The van der Waals surface area contributed by atoms with Crippen LogP contribution in [0, 0.1) is 6.92 Å². The summed E-state index contributed by atoms with van der Waals surface area (Å²) in [7, 11) is 0. The average molecular weight is 326 g/mol. The molecular weight excluding hydrogens is 304 g/mol. The van der Waals surface area contributed by atoms with Crippen LogP contribution in [0.25, 0.3) is 11.4 Å². The van der Waals surface area contributed by atoms with Gasteiger partial charge in [0.05, 0.1) is 23.9 Å². The predicted molar refractivity (Wildman–Crippen MR) is 90.6 cm³/mol. The third kappa shape index (κ3) is 3.43. The molecule has 0 unspecified atom stereocenters. The van der Waals surface area contributed by atoms with Crippen molar-refractivity contribution in [1.82, 2.24) is 19.9 Å². The smallest absolute Gasteiger partial charge is 0.257 e. The normalized spacial score (nSPS) is 17.2. The second kappa shape index (κ2) is 7.49. The number of likely N-dealkylation sites (tertiary alicyclic amines) is 1. The van der Waals surface area contributed by atoms with Gasteiger partial charge in [-0.3, -0.25) is 9.78 Å². The van der Waals surface area contributed by atoms with Crippen molar-refractivity contribution in [2.24, 2.45) is 0 Å². The van der Waals surface area contributed by atoms with Gasteiger partial charge in [0.2, 0.25) is 0 Å². The van der Waals surface area contributed by atoms with Gasteiger partial charge in [0, 0.05) is 37.3 Å². The van der Waals surface area contributed by atoms with E-state index in [1.165, 1.54) is 0 Å². The van der Waals surface area contributed by atoms with Gasteiger partial charge in [-0.1, -0.05) is 0 Å². The molecule has 1 fully saturated rings. The van der Waals surface area contributed by atoms with Gasteiger partial charge in [-0.25, -0.2) is 9.97 Å². The molecule has 1 saturated heterocycles. The van der Waals surface area contributed by atoms with Crippen LogP contribution in [0.2, 0.25) is 0 Å². The van der Waals surface area contributed by atoms with E-state index < -0.39 is 0 Å². The van der Waals surface area contributed by atoms with E-state index in [1.807, 2.05) is 30.9 Å². The first-order valence-electron chi connectivity index (χ1n) is 8.33. The molecule has 1 aliphatic rings. The number of carbonyl (C=O) groups excluding carboxylic acids is 1. The minimum atomic E-state index is -0.00700. The second-order valence-electron chi connectivity index (χ2n) is 5.89. The Morgan fingerprint density at radius 3 is 3.00 bits per heavy atom. The van der Waals surface area contributed by atoms with Crippen LogP contribution in [0.3, 0.4) is 0 Å². The van der Waals surface area contributed by atoms with Crippen molar-refractivity contribution >= 4 is 5.91 Å². The first-order valence-corrected chi connectivity index (χ1v) is 8.33. The molecule has 1 amide bonds. The summed E-state index contributed by atoms with van der Waals surface area (Å²) in [5.41, 5.74) is 2.09. The van der Waals surface area contributed by atoms with E-state index in [0.717, 1.165) is 24.9 Å². The number of aryl methyl sites for hydroxylation is 1. The number of pyridine rings is 1. The van der Waals surface area contributed by atoms with Gasteiger partial charge in [0.1, 0.15) is 0 Å². The maximum Gasteiger partial charge on any atom is 0.257 e. The van der Waals surface area contributed by atoms with Gasteiger partial charge in [0.25, 0.3) is 5.91 Å². The van der Waals surface area contributed by atoms with Gasteiger partial charge in [0.15, 0.2) is 5.82 Å². The summed E-state index contributed by atoms with van der Waals surface area (Å²) in [6, 6.07) is 3.90. The van der Waals surface area contributed by atoms with Crippen LogP contribution in [0.4, 0.5) is 0 Å². The van der Waals surface area contributed by atoms with Crippen LogP contribution in [0.5, 0.6) is 0 Å². The molecule has 6 heteroatoms. The summed E-state index contributed by atoms with van der Waals surface area (Å²) in [6.45, 7) is 5.84. The van der Waals surface area contributed by atoms with Gasteiger partial charge in [-0.2, -0.15) is 0 Å². The standard InChI is InChI=1S/C18H22N4O2/c1-3-24-12-15-7-5-9-22(15)18(23)16-11-20-17(21-13(16)2)14-6-4-8-19-10-14/h4,6,8,10-11,15H,3,5,7,9,12H2,1-2H3/t15-/m1/s1. The molecular formula is C18H22N4O2. The van der Waals surface area contributed by atoms with E-state index in [1.54, 1.807) is 18.6 Å². The molecule has 3 heterocycles. The molecule has 126 valence electrons. The number of hydrogen-bond acceptors (Lipinski definition) is 5. The molecule has 0 aliphatic carbocycles. The highest BCUT2D eigenvalue weighted by Crippen LogP contribution is 2.22. The third-order valence-electron chi connectivity index (χ3n) is 4.28. The number of carbonyl (C=O) groups is 1. The quantitative estimate of drug-likeness (QED) is 0.844. The summed E-state index contributed by atoms with van der Waals surface area (Å²) in [5.74, 6) is 0.580. The fourth-order valence-electron chi connectivity index (χ4n) is 3.00. The predicted octanol–water partition coefficient (Wildman–Crippen LogP) is 2.49. The average Bonchev–Trinajstić information content (AvgIpc) is 3.08. The Hall–Kier alpha value is -2.34. The zero-order valence-electron chi connectivity index (χ0n) is 14.1. The van der Waals surface area contributed by atoms with Crippen LogP contribution in [-0.2, 0) is 4.74 Å². The third-order valence-corrected chi connectivity index (χ3v) is 4.28. The molecule has 0 bridgehead atoms. The molecule has 0 aromatic carbocycles. The van der Waals surface area contributed by atoms with E-state index in [9.17, 15) is 4.79 Å². The lowest BCUT2D eigenvalue weighted by Gasteiger charge is -2.25. The van der Waals surface area contributed by atoms with Crippen LogP contribution >= 0.6 is 0 Å². The Morgan fingerprint density at radius 2 is 2.29 bits per heavy atom. The van der Waals surface area contributed by atoms with Crippen molar-refractivity contribution in [3.63, 3.8) is 0 Å². The first kappa shape index (κ1) is 16.5. The van der Waals surface area contributed by atoms with Gasteiger partial charge < -0.3 is 9.64 Å². The van der Waals surface area contributed by atoms with Crippen molar-refractivity contribution in [1.29, 1.82) is 0 Å². The Labute approximate surface area is 141 Å². The molecule has 2 aromatic rings. The molecule has 1 atom stereocenters. The first-order chi connectivity index (χ1) is 11.7. The topological polar surface area (TPSA) is 68.2 Å². The van der Waals surface area contributed by atoms with Crippen LogP contribution in [-0.4, -0.2) is 51.6 Å². The molecule has 0 N–H and O–H groups in total. The van der Waals surface area contributed by atoms with Crippen LogP contribution < -0.4 is 0 Å². The van der Waals surface area contributed by atoms with E-state index in [2.05, 4.69) is 15.0 Å². The fraction of sp³-hybridized carbons (Fsp3) is 0.444. The van der Waals surface area contributed by atoms with Crippen molar-refractivity contribution < 1.29 is 9.53 Å². The highest BCUT2D eigenvalue weighted by Gasteiger charge is 2.30. The fourth-order valence-corrected chi connectivity index (χ4v) is 3.00. The maximum absolute atomic E-state index is 12.9. The van der Waals surface area contributed by atoms with Crippen molar-refractivity contribution in [2.75, 3.05) is 19.8 Å². The Bertz CT molecular complexity index is 705. The van der Waals surface area contributed by atoms with Crippen molar-refractivity contribution in [3.8, 4) is 11.4 Å². The second-order valence-corrected chi connectivity index (χ2v) is 5.89. The molecule has 6 nitrogen and oxygen atoms in total. The van der Waals surface area contributed by atoms with E-state index >= 15 is 0 Å². The lowest BCUT2D eigenvalue weighted by Crippen LogP contribution is -2.38. The SMILES string of the molecule is CCOC[C@H]1CCCN1C(=O)c1cnc(-c2cccnc2)nc1C. The van der Waals surface area contributed by atoms with Gasteiger partial charge >= 0.3 is 0 Å².